The number of hydrogen-bond acceptors (Lipinski definition) is 5. The average Bonchev–Trinajstić information content (AvgIpc) is 2.37. The van der Waals surface area contributed by atoms with Crippen LogP contribution in [0.4, 0.5) is 11.4 Å². The highest BCUT2D eigenvalue weighted by molar-refractivity contribution is 6.33. The number of benzene rings is 1. The highest BCUT2D eigenvalue weighted by atomic mass is 35.5. The second-order valence-electron chi connectivity index (χ2n) is 3.97. The van der Waals surface area contributed by atoms with E-state index in [0.29, 0.717) is 6.42 Å². The van der Waals surface area contributed by atoms with E-state index < -0.39 is 10.5 Å². The summed E-state index contributed by atoms with van der Waals surface area (Å²) in [5.41, 5.74) is -1.12. The summed E-state index contributed by atoms with van der Waals surface area (Å²) in [4.78, 5) is 10.3. The Labute approximate surface area is 109 Å². The van der Waals surface area contributed by atoms with Gasteiger partial charge in [-0.1, -0.05) is 24.6 Å². The molecule has 0 amide bonds. The molecule has 1 aromatic rings. The van der Waals surface area contributed by atoms with Gasteiger partial charge in [-0.3, -0.25) is 10.1 Å². The molecule has 0 aliphatic heterocycles. The number of para-hydroxylation sites is 1. The van der Waals surface area contributed by atoms with Crippen LogP contribution >= 0.6 is 11.6 Å². The lowest BCUT2D eigenvalue weighted by Crippen LogP contribution is -2.45. The zero-order valence-corrected chi connectivity index (χ0v) is 10.6. The molecule has 0 fully saturated rings. The first-order valence-electron chi connectivity index (χ1n) is 5.42. The number of nitrogens with zero attached hydrogens (tertiary/aromatic N) is 1. The first-order valence-corrected chi connectivity index (χ1v) is 5.80. The van der Waals surface area contributed by atoms with E-state index in [4.69, 9.17) is 11.6 Å². The number of halogens is 1. The van der Waals surface area contributed by atoms with E-state index >= 15 is 0 Å². The fraction of sp³-hybridized carbons (Fsp3) is 0.455. The third-order valence-corrected chi connectivity index (χ3v) is 3.18. The van der Waals surface area contributed by atoms with Gasteiger partial charge in [0.2, 0.25) is 0 Å². The highest BCUT2D eigenvalue weighted by Crippen LogP contribution is 2.34. The number of aliphatic hydroxyl groups is 2. The Morgan fingerprint density at radius 1 is 1.44 bits per heavy atom. The van der Waals surface area contributed by atoms with Gasteiger partial charge in [-0.25, -0.2) is 0 Å². The molecule has 0 saturated carbocycles. The molecule has 0 bridgehead atoms. The molecule has 0 spiro atoms. The quantitative estimate of drug-likeness (QED) is 0.543. The second-order valence-corrected chi connectivity index (χ2v) is 4.37. The van der Waals surface area contributed by atoms with Crippen LogP contribution < -0.4 is 5.32 Å². The molecule has 0 atom stereocenters. The predicted octanol–water partition coefficient (Wildman–Crippen LogP) is 1.79. The van der Waals surface area contributed by atoms with Gasteiger partial charge >= 0.3 is 0 Å². The van der Waals surface area contributed by atoms with Crippen LogP contribution in [0.3, 0.4) is 0 Å². The van der Waals surface area contributed by atoms with Gasteiger partial charge in [-0.15, -0.1) is 0 Å². The van der Waals surface area contributed by atoms with Crippen LogP contribution in [0.25, 0.3) is 0 Å². The third-order valence-electron chi connectivity index (χ3n) is 2.86. The molecule has 0 unspecified atom stereocenters. The van der Waals surface area contributed by atoms with Crippen molar-refractivity contribution in [3.05, 3.63) is 33.3 Å². The van der Waals surface area contributed by atoms with Crippen molar-refractivity contribution in [2.75, 3.05) is 18.5 Å². The number of hydrogen-bond donors (Lipinski definition) is 3. The molecule has 0 heterocycles. The second kappa shape index (κ2) is 5.99. The molecule has 0 radical (unpaired) electrons. The summed E-state index contributed by atoms with van der Waals surface area (Å²) in [6.07, 6.45) is 0.391. The van der Waals surface area contributed by atoms with Crippen LogP contribution in [-0.4, -0.2) is 33.9 Å². The smallest absolute Gasteiger partial charge is 0.293 e. The third kappa shape index (κ3) is 2.90. The van der Waals surface area contributed by atoms with Crippen molar-refractivity contribution >= 4 is 23.0 Å². The topological polar surface area (TPSA) is 95.6 Å². The largest absolute Gasteiger partial charge is 0.394 e. The molecular weight excluding hydrogens is 260 g/mol. The molecule has 0 aromatic heterocycles. The zero-order chi connectivity index (χ0) is 13.8. The number of nitro groups is 1. The Hall–Kier alpha value is -1.37. The van der Waals surface area contributed by atoms with Crippen LogP contribution in [0.1, 0.15) is 13.3 Å². The van der Waals surface area contributed by atoms with Crippen molar-refractivity contribution in [3.8, 4) is 0 Å². The van der Waals surface area contributed by atoms with Gasteiger partial charge in [-0.05, 0) is 12.5 Å². The maximum absolute atomic E-state index is 10.9. The standard InChI is InChI=1S/C11H15ClN2O4/c1-2-11(6-15,7-16)13-10-8(12)4-3-5-9(10)14(17)18/h3-5,13,15-16H,2,6-7H2,1H3. The zero-order valence-electron chi connectivity index (χ0n) is 9.89. The molecule has 6 nitrogen and oxygen atoms in total. The molecule has 7 heteroatoms. The number of nitro benzene ring substituents is 1. The molecule has 1 rings (SSSR count). The fourth-order valence-corrected chi connectivity index (χ4v) is 1.71. The van der Waals surface area contributed by atoms with E-state index in [9.17, 15) is 20.3 Å². The van der Waals surface area contributed by atoms with E-state index in [1.54, 1.807) is 6.92 Å². The van der Waals surface area contributed by atoms with Crippen molar-refractivity contribution in [2.24, 2.45) is 0 Å². The number of rotatable bonds is 6. The van der Waals surface area contributed by atoms with Crippen molar-refractivity contribution in [1.82, 2.24) is 0 Å². The summed E-state index contributed by atoms with van der Waals surface area (Å²) >= 11 is 5.92. The van der Waals surface area contributed by atoms with E-state index in [2.05, 4.69) is 5.32 Å². The van der Waals surface area contributed by atoms with Crippen LogP contribution in [0, 0.1) is 10.1 Å². The lowest BCUT2D eigenvalue weighted by molar-refractivity contribution is -0.384. The highest BCUT2D eigenvalue weighted by Gasteiger charge is 2.30. The molecule has 1 aromatic carbocycles. The molecule has 18 heavy (non-hydrogen) atoms. The molecule has 0 aliphatic carbocycles. The monoisotopic (exact) mass is 274 g/mol. The average molecular weight is 275 g/mol. The van der Waals surface area contributed by atoms with E-state index in [-0.39, 0.29) is 29.6 Å². The van der Waals surface area contributed by atoms with Crippen molar-refractivity contribution in [3.63, 3.8) is 0 Å². The number of aliphatic hydroxyl groups excluding tert-OH is 2. The fourth-order valence-electron chi connectivity index (χ4n) is 1.49. The maximum atomic E-state index is 10.9. The summed E-state index contributed by atoms with van der Waals surface area (Å²) in [5.74, 6) is 0. The summed E-state index contributed by atoms with van der Waals surface area (Å²) in [5, 5.41) is 32.5. The Balaban J connectivity index is 3.20. The summed E-state index contributed by atoms with van der Waals surface area (Å²) < 4.78 is 0. The Morgan fingerprint density at radius 3 is 2.50 bits per heavy atom. The van der Waals surface area contributed by atoms with Gasteiger partial charge in [0, 0.05) is 6.07 Å². The minimum atomic E-state index is -1.03. The SMILES string of the molecule is CCC(CO)(CO)Nc1c(Cl)cccc1[N+](=O)[O-]. The Morgan fingerprint density at radius 2 is 2.06 bits per heavy atom. The Kier molecular flexibility index (Phi) is 4.89. The maximum Gasteiger partial charge on any atom is 0.293 e. The van der Waals surface area contributed by atoms with Gasteiger partial charge in [0.05, 0.1) is 28.7 Å². The van der Waals surface area contributed by atoms with Crippen molar-refractivity contribution < 1.29 is 15.1 Å². The van der Waals surface area contributed by atoms with Crippen LogP contribution in [0.2, 0.25) is 5.02 Å². The normalized spacial score (nSPS) is 11.3. The molecular formula is C11H15ClN2O4. The van der Waals surface area contributed by atoms with E-state index in [1.807, 2.05) is 0 Å². The molecule has 0 aliphatic rings. The van der Waals surface area contributed by atoms with Crippen LogP contribution in [-0.2, 0) is 0 Å². The van der Waals surface area contributed by atoms with E-state index in [0.717, 1.165) is 0 Å². The number of nitrogens with one attached hydrogen (secondary N) is 1. The summed E-state index contributed by atoms with van der Waals surface area (Å²) in [7, 11) is 0. The van der Waals surface area contributed by atoms with Gasteiger partial charge in [0.15, 0.2) is 0 Å². The summed E-state index contributed by atoms with van der Waals surface area (Å²) in [6, 6.07) is 4.28. The van der Waals surface area contributed by atoms with Gasteiger partial charge < -0.3 is 15.5 Å². The van der Waals surface area contributed by atoms with Crippen LogP contribution in [0.5, 0.6) is 0 Å². The lowest BCUT2D eigenvalue weighted by Gasteiger charge is -2.31. The van der Waals surface area contributed by atoms with Crippen molar-refractivity contribution in [1.29, 1.82) is 0 Å². The van der Waals surface area contributed by atoms with E-state index in [1.165, 1.54) is 18.2 Å². The molecule has 3 N–H and O–H groups in total. The summed E-state index contributed by atoms with van der Waals surface area (Å²) in [6.45, 7) is 1.03. The molecule has 0 saturated heterocycles. The van der Waals surface area contributed by atoms with Gasteiger partial charge in [0.1, 0.15) is 5.69 Å². The molecule has 100 valence electrons. The van der Waals surface area contributed by atoms with Crippen molar-refractivity contribution in [2.45, 2.75) is 18.9 Å². The first-order chi connectivity index (χ1) is 8.49. The number of anilines is 1. The first kappa shape index (κ1) is 14.7. The van der Waals surface area contributed by atoms with Gasteiger partial charge in [-0.2, -0.15) is 0 Å². The van der Waals surface area contributed by atoms with Gasteiger partial charge in [0.25, 0.3) is 5.69 Å². The minimum Gasteiger partial charge on any atom is -0.394 e. The van der Waals surface area contributed by atoms with Crippen LogP contribution in [0.15, 0.2) is 18.2 Å². The Bertz CT molecular complexity index is 427. The minimum absolute atomic E-state index is 0.106. The lowest BCUT2D eigenvalue weighted by atomic mass is 9.98. The predicted molar refractivity (Wildman–Crippen MR) is 68.9 cm³/mol.